The van der Waals surface area contributed by atoms with Crippen molar-refractivity contribution in [1.29, 1.82) is 0 Å². The maximum absolute atomic E-state index is 13.5. The fraction of sp³-hybridized carbons (Fsp3) is 0.481. The molecule has 34 heavy (non-hydrogen) atoms. The van der Waals surface area contributed by atoms with Gasteiger partial charge in [0.25, 0.3) is 0 Å². The maximum atomic E-state index is 13.5. The van der Waals surface area contributed by atoms with Gasteiger partial charge in [-0.05, 0) is 29.7 Å². The van der Waals surface area contributed by atoms with Crippen LogP contribution >= 0.6 is 0 Å². The molecule has 7 nitrogen and oxygen atoms in total. The number of benzene rings is 2. The zero-order chi connectivity index (χ0) is 24.1. The molecule has 2 unspecified atom stereocenters. The third-order valence-corrected chi connectivity index (χ3v) is 7.06. The Morgan fingerprint density at radius 2 is 1.59 bits per heavy atom. The standard InChI is InChI=1S/C27H35N3O4/c1-20(31)30-18-23(22-9-10-25(33-2)26(16-22)34-3)15-24(19-30)27(32)29-13-11-28(12-14-29)17-21-7-5-4-6-8-21/h4-10,16,23-24H,11-15,17-19H2,1-3H3. The number of hydrogen-bond donors (Lipinski definition) is 0. The van der Waals surface area contributed by atoms with Crippen molar-refractivity contribution < 1.29 is 19.1 Å². The summed E-state index contributed by atoms with van der Waals surface area (Å²) in [6.07, 6.45) is 0.725. The second kappa shape index (κ2) is 10.9. The lowest BCUT2D eigenvalue weighted by Gasteiger charge is -2.41. The van der Waals surface area contributed by atoms with Crippen LogP contribution in [0, 0.1) is 5.92 Å². The second-order valence-electron chi connectivity index (χ2n) is 9.26. The van der Waals surface area contributed by atoms with Gasteiger partial charge in [-0.25, -0.2) is 0 Å². The first kappa shape index (κ1) is 24.1. The summed E-state index contributed by atoms with van der Waals surface area (Å²) in [7, 11) is 3.23. The van der Waals surface area contributed by atoms with Gasteiger partial charge in [0.1, 0.15) is 0 Å². The van der Waals surface area contributed by atoms with Crippen LogP contribution in [0.2, 0.25) is 0 Å². The van der Waals surface area contributed by atoms with E-state index in [1.165, 1.54) is 5.56 Å². The molecule has 2 amide bonds. The van der Waals surface area contributed by atoms with Crippen molar-refractivity contribution in [3.8, 4) is 11.5 Å². The van der Waals surface area contributed by atoms with E-state index in [0.29, 0.717) is 24.6 Å². The van der Waals surface area contributed by atoms with Gasteiger partial charge in [-0.2, -0.15) is 0 Å². The number of piperazine rings is 1. The van der Waals surface area contributed by atoms with Crippen molar-refractivity contribution in [2.24, 2.45) is 5.92 Å². The highest BCUT2D eigenvalue weighted by Crippen LogP contribution is 2.36. The van der Waals surface area contributed by atoms with Crippen LogP contribution in [-0.4, -0.2) is 80.0 Å². The molecule has 0 aliphatic carbocycles. The molecule has 0 radical (unpaired) electrons. The average molecular weight is 466 g/mol. The van der Waals surface area contributed by atoms with Crippen LogP contribution in [0.15, 0.2) is 48.5 Å². The first-order valence-corrected chi connectivity index (χ1v) is 12.0. The Morgan fingerprint density at radius 3 is 2.24 bits per heavy atom. The fourth-order valence-corrected chi connectivity index (χ4v) is 5.11. The van der Waals surface area contributed by atoms with Crippen LogP contribution in [0.4, 0.5) is 0 Å². The van der Waals surface area contributed by atoms with Crippen molar-refractivity contribution in [1.82, 2.24) is 14.7 Å². The van der Waals surface area contributed by atoms with Crippen molar-refractivity contribution in [3.05, 3.63) is 59.7 Å². The first-order chi connectivity index (χ1) is 16.5. The molecule has 2 fully saturated rings. The van der Waals surface area contributed by atoms with Crippen LogP contribution in [0.25, 0.3) is 0 Å². The first-order valence-electron chi connectivity index (χ1n) is 12.0. The lowest BCUT2D eigenvalue weighted by Crippen LogP contribution is -2.53. The van der Waals surface area contributed by atoms with E-state index in [1.807, 2.05) is 34.1 Å². The van der Waals surface area contributed by atoms with Gasteiger partial charge in [0, 0.05) is 58.7 Å². The lowest BCUT2D eigenvalue weighted by atomic mass is 9.83. The average Bonchev–Trinajstić information content (AvgIpc) is 2.88. The van der Waals surface area contributed by atoms with Crippen molar-refractivity contribution in [2.45, 2.75) is 25.8 Å². The molecule has 0 spiro atoms. The van der Waals surface area contributed by atoms with Crippen LogP contribution in [-0.2, 0) is 16.1 Å². The Labute approximate surface area is 202 Å². The molecule has 2 heterocycles. The van der Waals surface area contributed by atoms with E-state index >= 15 is 0 Å². The molecule has 182 valence electrons. The van der Waals surface area contributed by atoms with Gasteiger partial charge in [0.2, 0.25) is 11.8 Å². The Morgan fingerprint density at radius 1 is 0.882 bits per heavy atom. The summed E-state index contributed by atoms with van der Waals surface area (Å²) < 4.78 is 10.8. The van der Waals surface area contributed by atoms with E-state index in [0.717, 1.165) is 44.7 Å². The van der Waals surface area contributed by atoms with Gasteiger partial charge in [-0.15, -0.1) is 0 Å². The number of hydrogen-bond acceptors (Lipinski definition) is 5. The predicted molar refractivity (Wildman–Crippen MR) is 131 cm³/mol. The zero-order valence-electron chi connectivity index (χ0n) is 20.4. The molecule has 0 aromatic heterocycles. The number of nitrogens with zero attached hydrogens (tertiary/aromatic N) is 3. The van der Waals surface area contributed by atoms with E-state index in [4.69, 9.17) is 9.47 Å². The molecule has 2 saturated heterocycles. The van der Waals surface area contributed by atoms with Gasteiger partial charge in [0.05, 0.1) is 20.1 Å². The number of methoxy groups -OCH3 is 2. The highest BCUT2D eigenvalue weighted by atomic mass is 16.5. The SMILES string of the molecule is COc1ccc(C2CC(C(=O)N3CCN(Cc4ccccc4)CC3)CN(C(C)=O)C2)cc1OC. The molecule has 2 aromatic carbocycles. The van der Waals surface area contributed by atoms with Crippen molar-refractivity contribution in [3.63, 3.8) is 0 Å². The summed E-state index contributed by atoms with van der Waals surface area (Å²) in [6.45, 7) is 6.77. The number of carbonyl (C=O) groups is 2. The Hall–Kier alpha value is -3.06. The quantitative estimate of drug-likeness (QED) is 0.656. The molecule has 4 rings (SSSR count). The molecule has 2 aliphatic heterocycles. The van der Waals surface area contributed by atoms with E-state index in [9.17, 15) is 9.59 Å². The monoisotopic (exact) mass is 465 g/mol. The van der Waals surface area contributed by atoms with Crippen molar-refractivity contribution >= 4 is 11.8 Å². The minimum Gasteiger partial charge on any atom is -0.493 e. The molecule has 0 bridgehead atoms. The Kier molecular flexibility index (Phi) is 7.73. The molecule has 0 N–H and O–H groups in total. The second-order valence-corrected chi connectivity index (χ2v) is 9.26. The molecule has 2 atom stereocenters. The zero-order valence-corrected chi connectivity index (χ0v) is 20.4. The predicted octanol–water partition coefficient (Wildman–Crippen LogP) is 3.00. The highest BCUT2D eigenvalue weighted by molar-refractivity contribution is 5.81. The largest absolute Gasteiger partial charge is 0.493 e. The summed E-state index contributed by atoms with van der Waals surface area (Å²) in [5, 5.41) is 0. The highest BCUT2D eigenvalue weighted by Gasteiger charge is 2.36. The molecule has 2 aromatic rings. The Bertz CT molecular complexity index is 989. The normalized spacial score (nSPS) is 21.3. The lowest BCUT2D eigenvalue weighted by molar-refractivity contribution is -0.142. The topological polar surface area (TPSA) is 62.3 Å². The third kappa shape index (κ3) is 5.53. The van der Waals surface area contributed by atoms with Gasteiger partial charge in [-0.3, -0.25) is 14.5 Å². The number of amides is 2. The van der Waals surface area contributed by atoms with Crippen molar-refractivity contribution in [2.75, 3.05) is 53.5 Å². The van der Waals surface area contributed by atoms with E-state index in [2.05, 4.69) is 29.2 Å². The number of carbonyl (C=O) groups excluding carboxylic acids is 2. The van der Waals surface area contributed by atoms with Gasteiger partial charge >= 0.3 is 0 Å². The van der Waals surface area contributed by atoms with Gasteiger partial charge in [0.15, 0.2) is 11.5 Å². The number of likely N-dealkylation sites (tertiary alicyclic amines) is 1. The van der Waals surface area contributed by atoms with E-state index in [1.54, 1.807) is 21.1 Å². The summed E-state index contributed by atoms with van der Waals surface area (Å²) in [4.78, 5) is 32.0. The summed E-state index contributed by atoms with van der Waals surface area (Å²) >= 11 is 0. The maximum Gasteiger partial charge on any atom is 0.227 e. The van der Waals surface area contributed by atoms with Gasteiger partial charge < -0.3 is 19.3 Å². The number of rotatable bonds is 6. The van der Waals surface area contributed by atoms with Crippen LogP contribution in [0.3, 0.4) is 0 Å². The molecular formula is C27H35N3O4. The molecule has 2 aliphatic rings. The smallest absolute Gasteiger partial charge is 0.227 e. The minimum absolute atomic E-state index is 0.00987. The van der Waals surface area contributed by atoms with E-state index < -0.39 is 0 Å². The van der Waals surface area contributed by atoms with E-state index in [-0.39, 0.29) is 23.7 Å². The Balaban J connectivity index is 1.42. The summed E-state index contributed by atoms with van der Waals surface area (Å²) in [5.41, 5.74) is 2.36. The van der Waals surface area contributed by atoms with Crippen LogP contribution in [0.5, 0.6) is 11.5 Å². The third-order valence-electron chi connectivity index (χ3n) is 7.06. The fourth-order valence-electron chi connectivity index (χ4n) is 5.11. The summed E-state index contributed by atoms with van der Waals surface area (Å²) in [6, 6.07) is 16.3. The van der Waals surface area contributed by atoms with Crippen LogP contribution < -0.4 is 9.47 Å². The summed E-state index contributed by atoms with van der Waals surface area (Å²) in [5.74, 6) is 1.39. The van der Waals surface area contributed by atoms with Gasteiger partial charge in [-0.1, -0.05) is 36.4 Å². The molecule has 7 heteroatoms. The minimum atomic E-state index is -0.198. The number of piperidine rings is 1. The number of ether oxygens (including phenoxy) is 2. The van der Waals surface area contributed by atoms with Crippen LogP contribution in [0.1, 0.15) is 30.4 Å². The molecular weight excluding hydrogens is 430 g/mol. The molecule has 0 saturated carbocycles.